The highest BCUT2D eigenvalue weighted by Crippen LogP contribution is 2.30. The number of likely N-dealkylation sites (tertiary alicyclic amines) is 2. The number of hydrogen-bond acceptors (Lipinski definition) is 5. The van der Waals surface area contributed by atoms with Crippen LogP contribution >= 0.6 is 0 Å². The first-order valence-corrected chi connectivity index (χ1v) is 8.76. The Kier molecular flexibility index (Phi) is 5.39. The second-order valence-corrected chi connectivity index (χ2v) is 7.31. The van der Waals surface area contributed by atoms with Gasteiger partial charge in [0.1, 0.15) is 0 Å². The highest BCUT2D eigenvalue weighted by molar-refractivity contribution is 5.78. The predicted molar refractivity (Wildman–Crippen MR) is 84.0 cm³/mol. The van der Waals surface area contributed by atoms with Crippen LogP contribution in [0.1, 0.15) is 19.3 Å². The number of amides is 1. The van der Waals surface area contributed by atoms with Gasteiger partial charge in [-0.1, -0.05) is 0 Å². The molecule has 1 amide bonds. The molecule has 0 bridgehead atoms. The maximum absolute atomic E-state index is 13.2. The first-order chi connectivity index (χ1) is 11.4. The molecule has 3 heterocycles. The Bertz CT molecular complexity index is 450. The second kappa shape index (κ2) is 7.19. The number of β-amino-alcohol motifs (C(OH)–C–C–N with tert-alkyl or cyclic N) is 1. The number of halogens is 2. The van der Waals surface area contributed by atoms with Crippen LogP contribution in [0, 0.1) is 0 Å². The van der Waals surface area contributed by atoms with E-state index in [0.717, 1.165) is 13.1 Å². The van der Waals surface area contributed by atoms with Crippen LogP contribution in [0.3, 0.4) is 0 Å². The van der Waals surface area contributed by atoms with E-state index in [-0.39, 0.29) is 18.7 Å². The van der Waals surface area contributed by atoms with Gasteiger partial charge >= 0.3 is 0 Å². The van der Waals surface area contributed by atoms with E-state index in [4.69, 9.17) is 4.74 Å². The number of rotatable bonds is 4. The first kappa shape index (κ1) is 18.0. The molecule has 0 spiro atoms. The van der Waals surface area contributed by atoms with Crippen molar-refractivity contribution in [2.75, 3.05) is 65.6 Å². The van der Waals surface area contributed by atoms with E-state index in [1.54, 1.807) is 4.90 Å². The number of aliphatic hydroxyl groups is 1. The minimum absolute atomic E-state index is 0.0259. The van der Waals surface area contributed by atoms with Gasteiger partial charge in [-0.05, 0) is 6.42 Å². The van der Waals surface area contributed by atoms with E-state index >= 15 is 0 Å². The molecule has 1 atom stereocenters. The lowest BCUT2D eigenvalue weighted by Gasteiger charge is -2.36. The average molecular weight is 347 g/mol. The SMILES string of the molecule is O=C(CN1CCOCC1)N1CC[C@](O)(CN2CCC(F)(F)CC2)C1. The summed E-state index contributed by atoms with van der Waals surface area (Å²) in [6.45, 7) is 4.96. The lowest BCUT2D eigenvalue weighted by atomic mass is 10.00. The monoisotopic (exact) mass is 347 g/mol. The van der Waals surface area contributed by atoms with Crippen molar-refractivity contribution in [3.05, 3.63) is 0 Å². The van der Waals surface area contributed by atoms with Crippen LogP contribution in [-0.4, -0.2) is 103 Å². The molecule has 138 valence electrons. The number of carbonyl (C=O) groups is 1. The number of nitrogens with zero attached hydrogens (tertiary/aromatic N) is 3. The predicted octanol–water partition coefficient (Wildman–Crippen LogP) is 0.0131. The summed E-state index contributed by atoms with van der Waals surface area (Å²) in [5.41, 5.74) is -0.979. The Morgan fingerprint density at radius 3 is 2.33 bits per heavy atom. The molecule has 0 aliphatic carbocycles. The smallest absolute Gasteiger partial charge is 0.250 e. The molecule has 3 rings (SSSR count). The van der Waals surface area contributed by atoms with Crippen molar-refractivity contribution in [1.82, 2.24) is 14.7 Å². The molecule has 6 nitrogen and oxygen atoms in total. The Hall–Kier alpha value is -0.830. The molecule has 0 aromatic heterocycles. The summed E-state index contributed by atoms with van der Waals surface area (Å²) < 4.78 is 31.7. The van der Waals surface area contributed by atoms with Crippen LogP contribution in [0.2, 0.25) is 0 Å². The van der Waals surface area contributed by atoms with Gasteiger partial charge in [0, 0.05) is 52.1 Å². The van der Waals surface area contributed by atoms with Gasteiger partial charge in [-0.2, -0.15) is 0 Å². The van der Waals surface area contributed by atoms with Crippen molar-refractivity contribution in [3.63, 3.8) is 0 Å². The zero-order valence-corrected chi connectivity index (χ0v) is 14.1. The van der Waals surface area contributed by atoms with E-state index in [0.29, 0.717) is 58.9 Å². The molecule has 3 saturated heterocycles. The van der Waals surface area contributed by atoms with Gasteiger partial charge in [0.25, 0.3) is 5.92 Å². The molecule has 24 heavy (non-hydrogen) atoms. The number of carbonyl (C=O) groups excluding carboxylic acids is 1. The van der Waals surface area contributed by atoms with Gasteiger partial charge in [0.2, 0.25) is 5.91 Å². The maximum atomic E-state index is 13.2. The van der Waals surface area contributed by atoms with Gasteiger partial charge in [-0.15, -0.1) is 0 Å². The number of morpholine rings is 1. The van der Waals surface area contributed by atoms with Crippen molar-refractivity contribution in [1.29, 1.82) is 0 Å². The molecule has 3 fully saturated rings. The first-order valence-electron chi connectivity index (χ1n) is 8.76. The summed E-state index contributed by atoms with van der Waals surface area (Å²) in [5.74, 6) is -2.55. The third-order valence-corrected chi connectivity index (χ3v) is 5.25. The molecule has 0 radical (unpaired) electrons. The zero-order valence-electron chi connectivity index (χ0n) is 14.1. The Labute approximate surface area is 141 Å². The van der Waals surface area contributed by atoms with E-state index < -0.39 is 11.5 Å². The van der Waals surface area contributed by atoms with Crippen LogP contribution in [-0.2, 0) is 9.53 Å². The molecular formula is C16H27F2N3O3. The van der Waals surface area contributed by atoms with Gasteiger partial charge in [0.15, 0.2) is 0 Å². The summed E-state index contributed by atoms with van der Waals surface area (Å²) in [5, 5.41) is 10.7. The molecule has 0 saturated carbocycles. The molecule has 3 aliphatic heterocycles. The molecule has 0 unspecified atom stereocenters. The highest BCUT2D eigenvalue weighted by atomic mass is 19.3. The number of piperidine rings is 1. The third-order valence-electron chi connectivity index (χ3n) is 5.25. The quantitative estimate of drug-likeness (QED) is 0.777. The average Bonchev–Trinajstić information content (AvgIpc) is 2.93. The Morgan fingerprint density at radius 1 is 1.00 bits per heavy atom. The second-order valence-electron chi connectivity index (χ2n) is 7.31. The Morgan fingerprint density at radius 2 is 1.67 bits per heavy atom. The largest absolute Gasteiger partial charge is 0.387 e. The summed E-state index contributed by atoms with van der Waals surface area (Å²) in [6, 6.07) is 0. The van der Waals surface area contributed by atoms with Crippen molar-refractivity contribution in [2.24, 2.45) is 0 Å². The van der Waals surface area contributed by atoms with Crippen molar-refractivity contribution < 1.29 is 23.4 Å². The van der Waals surface area contributed by atoms with Crippen LogP contribution in [0.4, 0.5) is 8.78 Å². The van der Waals surface area contributed by atoms with Gasteiger partial charge in [-0.3, -0.25) is 14.6 Å². The number of ether oxygens (including phenoxy) is 1. The third kappa shape index (κ3) is 4.62. The number of alkyl halides is 2. The number of hydrogen-bond donors (Lipinski definition) is 1. The topological polar surface area (TPSA) is 56.3 Å². The fourth-order valence-corrected chi connectivity index (χ4v) is 3.70. The van der Waals surface area contributed by atoms with Crippen LogP contribution < -0.4 is 0 Å². The van der Waals surface area contributed by atoms with E-state index in [1.807, 2.05) is 4.90 Å². The normalized spacial score (nSPS) is 32.2. The zero-order chi connectivity index (χ0) is 17.2. The summed E-state index contributed by atoms with van der Waals surface area (Å²) in [4.78, 5) is 18.1. The van der Waals surface area contributed by atoms with Crippen LogP contribution in [0.15, 0.2) is 0 Å². The van der Waals surface area contributed by atoms with E-state index in [1.165, 1.54) is 0 Å². The van der Waals surface area contributed by atoms with Crippen molar-refractivity contribution >= 4 is 5.91 Å². The Balaban J connectivity index is 1.46. The maximum Gasteiger partial charge on any atom is 0.250 e. The van der Waals surface area contributed by atoms with E-state index in [9.17, 15) is 18.7 Å². The summed E-state index contributed by atoms with van der Waals surface area (Å²) >= 11 is 0. The summed E-state index contributed by atoms with van der Waals surface area (Å²) in [7, 11) is 0. The van der Waals surface area contributed by atoms with Gasteiger partial charge in [0.05, 0.1) is 31.9 Å². The lowest BCUT2D eigenvalue weighted by Crippen LogP contribution is -2.50. The van der Waals surface area contributed by atoms with Crippen molar-refractivity contribution in [3.8, 4) is 0 Å². The lowest BCUT2D eigenvalue weighted by molar-refractivity contribution is -0.133. The molecule has 0 aromatic rings. The molecular weight excluding hydrogens is 320 g/mol. The molecule has 8 heteroatoms. The van der Waals surface area contributed by atoms with E-state index in [2.05, 4.69) is 4.90 Å². The van der Waals surface area contributed by atoms with Crippen molar-refractivity contribution in [2.45, 2.75) is 30.8 Å². The highest BCUT2D eigenvalue weighted by Gasteiger charge is 2.42. The minimum Gasteiger partial charge on any atom is -0.387 e. The molecule has 0 aromatic carbocycles. The fourth-order valence-electron chi connectivity index (χ4n) is 3.70. The molecule has 1 N–H and O–H groups in total. The fraction of sp³-hybridized carbons (Fsp3) is 0.938. The minimum atomic E-state index is -2.57. The van der Waals surface area contributed by atoms with Crippen LogP contribution in [0.5, 0.6) is 0 Å². The van der Waals surface area contributed by atoms with Gasteiger partial charge in [-0.25, -0.2) is 8.78 Å². The summed E-state index contributed by atoms with van der Waals surface area (Å²) in [6.07, 6.45) is 0.209. The van der Waals surface area contributed by atoms with Gasteiger partial charge < -0.3 is 14.7 Å². The molecule has 3 aliphatic rings. The standard InChI is InChI=1S/C16H27F2N3O3/c17-16(18)2-4-20(5-3-16)12-15(23)1-6-21(13-15)14(22)11-19-7-9-24-10-8-19/h23H,1-13H2/t15-/m0/s1. The van der Waals surface area contributed by atoms with Crippen LogP contribution in [0.25, 0.3) is 0 Å².